The number of hydrogen-bond donors (Lipinski definition) is 6. The molecule has 138 heavy (non-hydrogen) atoms. The van der Waals surface area contributed by atoms with E-state index in [1.54, 1.807) is 0 Å². The van der Waals surface area contributed by atoms with Crippen LogP contribution in [0.5, 0.6) is 0 Å². The number of benzene rings is 6. The predicted octanol–water partition coefficient (Wildman–Crippen LogP) is 19.6. The molecule has 6 N–H and O–H groups in total. The van der Waals surface area contributed by atoms with Gasteiger partial charge in [-0.2, -0.15) is 0 Å². The quantitative estimate of drug-likeness (QED) is 0.0139. The van der Waals surface area contributed by atoms with Crippen molar-refractivity contribution in [2.75, 3.05) is 67.9 Å². The van der Waals surface area contributed by atoms with Crippen LogP contribution in [0.4, 0.5) is 60.5 Å². The van der Waals surface area contributed by atoms with Gasteiger partial charge in [0, 0.05) is 27.4 Å². The Labute approximate surface area is 874 Å². The van der Waals surface area contributed by atoms with E-state index < -0.39 is 384 Å². The van der Waals surface area contributed by atoms with Crippen molar-refractivity contribution in [2.24, 2.45) is 0 Å². The van der Waals surface area contributed by atoms with Crippen LogP contribution in [-0.4, -0.2) is 157 Å². The minimum absolute atomic E-state index is 0.0212. The maximum atomic E-state index is 13.3. The van der Waals surface area contributed by atoms with Crippen molar-refractivity contribution < 1.29 is 180 Å². The van der Waals surface area contributed by atoms with Crippen LogP contribution in [0.2, 0.25) is 38.6 Å². The van der Waals surface area contributed by atoms with Gasteiger partial charge >= 0.3 is 35.8 Å². The van der Waals surface area contributed by atoms with E-state index in [9.17, 15) is 106 Å². The van der Waals surface area contributed by atoms with Crippen molar-refractivity contribution in [1.82, 2.24) is 0 Å². The number of anilines is 6. The molecule has 0 aromatic heterocycles. The second-order valence-corrected chi connectivity index (χ2v) is 39.4. The molecule has 0 bridgehead atoms. The van der Waals surface area contributed by atoms with Crippen LogP contribution >= 0.6 is 69.6 Å². The lowest BCUT2D eigenvalue weighted by Gasteiger charge is -2.24. The second-order valence-electron chi connectivity index (χ2n) is 26.7. The minimum Gasteiger partial charge on any atom is -0.463 e. The highest BCUT2D eigenvalue weighted by atomic mass is 35.5. The maximum Gasteiger partial charge on any atom is 0.335 e. The SMILES string of the molecule is [2H]C1=C(C(=O)OCC)[C@H](S(=O)(=O)N([2H])c2ccc(F)cc2Cl)CC([2H])([2H])C1.[2H]C1=C(C(=O)OCC)[C@H](S(=O)(=O)N([2H])c2ccc(F)cc2Cl)CC([2H])([2H])C1([2H])[2H].[2H]C1=C(C(=O)OCC)[C@]([2H])(S(=O)(=O)N([2H])c2ccc(F)cc2Cl)CC([2H])([2H])C1.[2H]C1=C(C(=O)OCC)[C@]([2H])(S(=O)(=O)N([2H])c2ccc(F)cc2Cl)CC([2H])([2H])C1([2H])[2H].[2H]N(c1ccc(F)cc1Cl)S(=O)(=O)[C@@H]1CC([2H])([2H])C([2H])([2H])C=C1C(=O)OCC.[2H]N(c1ccc(F)cc1Cl)S(=O)(=O)[C@]1([2H])CC([2H])([2H])C([2H])([2H])C=C1C(=O)OCC. The van der Waals surface area contributed by atoms with Gasteiger partial charge in [0.2, 0.25) is 60.1 Å². The van der Waals surface area contributed by atoms with Crippen LogP contribution in [0.25, 0.3) is 0 Å². The molecular formula is C90H102Cl6F6N6O24S6. The molecule has 756 valence electrons. The summed E-state index contributed by atoms with van der Waals surface area (Å²) in [5.41, 5.74) is -7.94. The molecule has 0 saturated heterocycles. The first kappa shape index (κ1) is 74.4. The van der Waals surface area contributed by atoms with Gasteiger partial charge in [-0.25, -0.2) is 106 Å². The summed E-state index contributed by atoms with van der Waals surface area (Å²) < 4.78 is 526. The van der Waals surface area contributed by atoms with Crippen LogP contribution in [-0.2, 0) is 117 Å². The van der Waals surface area contributed by atoms with Crippen LogP contribution in [0, 0.1) is 34.9 Å². The molecule has 6 aliphatic carbocycles. The number of esters is 6. The molecule has 0 aliphatic heterocycles. The Morgan fingerprint density at radius 2 is 0.507 bits per heavy atom. The van der Waals surface area contributed by atoms with E-state index in [1.807, 2.05) is 0 Å². The number of rotatable bonds is 30. The van der Waals surface area contributed by atoms with Crippen molar-refractivity contribution in [3.05, 3.63) is 244 Å². The molecule has 6 aromatic rings. The molecule has 0 unspecified atom stereocenters. The molecule has 0 amide bonds. The third-order valence-corrected chi connectivity index (χ3v) is 28.1. The topological polar surface area (TPSA) is 435 Å². The molecule has 6 aromatic carbocycles. The van der Waals surface area contributed by atoms with Gasteiger partial charge in [0.05, 0.1) is 147 Å². The summed E-state index contributed by atoms with van der Waals surface area (Å²) in [7, 11) is -30.0. The standard InChI is InChI=1S/6C15H17ClFNO4S/c6*1-2-22-15(19)11-5-3-4-6-14(11)23(20,21)18-13-8-7-10(17)9-12(13)16/h6*5,7-9,14,18H,2-4,6H2,1H3/t6*14-/m111111/s1/i3D2,4D2,5D,14D;4D2,5D,14D;3D2,4D2,14D;3D2,4D2,5D;4D2,5D;3D2,4D2/hD6. The highest BCUT2D eigenvalue weighted by molar-refractivity contribution is 7.95. The van der Waals surface area contributed by atoms with Gasteiger partial charge in [-0.15, -0.1) is 0 Å². The van der Waals surface area contributed by atoms with Crippen molar-refractivity contribution >= 4 is 200 Å². The Morgan fingerprint density at radius 1 is 0.304 bits per heavy atom. The van der Waals surface area contributed by atoms with Crippen LogP contribution in [0.1, 0.15) is 194 Å². The summed E-state index contributed by atoms with van der Waals surface area (Å²) in [6.07, 6.45) is -33.7. The highest BCUT2D eigenvalue weighted by Crippen LogP contribution is 2.39. The van der Waals surface area contributed by atoms with E-state index in [4.69, 9.17) is 139 Å². The predicted molar refractivity (Wildman–Crippen MR) is 518 cm³/mol. The zero-order chi connectivity index (χ0) is 132. The number of hydrogen-bond acceptors (Lipinski definition) is 24. The molecule has 48 heteroatoms. The van der Waals surface area contributed by atoms with E-state index in [2.05, 4.69) is 4.74 Å². The molecule has 12 rings (SSSR count). The van der Waals surface area contributed by atoms with E-state index >= 15 is 0 Å². The number of ether oxygens (including phenoxy) is 6. The molecule has 0 spiro atoms. The van der Waals surface area contributed by atoms with E-state index in [0.29, 0.717) is 18.2 Å². The van der Waals surface area contributed by atoms with Gasteiger partial charge in [-0.1, -0.05) is 106 Å². The fourth-order valence-corrected chi connectivity index (χ4v) is 20.3. The summed E-state index contributed by atoms with van der Waals surface area (Å²) in [4.78, 5) is 73.8. The molecule has 0 fully saturated rings. The first-order valence-corrected chi connectivity index (χ1v) is 50.6. The van der Waals surface area contributed by atoms with Gasteiger partial charge in [-0.3, -0.25) is 28.3 Å². The Morgan fingerprint density at radius 3 is 0.819 bits per heavy atom. The van der Waals surface area contributed by atoms with Gasteiger partial charge in [0.1, 0.15) is 66.3 Å². The molecule has 30 nitrogen and oxygen atoms in total. The first-order chi connectivity index (χ1) is 77.7. The number of carbonyl (C=O) groups excluding carboxylic acids is 6. The van der Waals surface area contributed by atoms with E-state index in [-0.39, 0.29) is 83.7 Å². The van der Waals surface area contributed by atoms with Gasteiger partial charge in [0.25, 0.3) is 0 Å². The average Bonchev–Trinajstić information content (AvgIpc) is 0.696. The zero-order valence-electron chi connectivity index (χ0n) is 105. The Kier molecular flexibility index (Phi) is 29.0. The monoisotopic (exact) mass is 2200 g/mol. The molecule has 0 saturated carbocycles. The average molecular weight is 2200 g/mol. The van der Waals surface area contributed by atoms with Crippen molar-refractivity contribution in [3.63, 3.8) is 0 Å². The number of nitrogens with one attached hydrogen (secondary N) is 6. The Balaban J connectivity index is 0.000000275. The summed E-state index contributed by atoms with van der Waals surface area (Å²) in [5, 5.41) is -17.8. The normalized spacial score (nSPS) is 27.2. The summed E-state index contributed by atoms with van der Waals surface area (Å²) in [6, 6.07) is 11.4. The molecule has 6 atom stereocenters. The van der Waals surface area contributed by atoms with Crippen LogP contribution < -0.4 is 28.3 Å². The summed E-state index contributed by atoms with van der Waals surface area (Å²) in [5.74, 6) is -12.3. The minimum atomic E-state index is -5.34. The van der Waals surface area contributed by atoms with Gasteiger partial charge < -0.3 is 28.4 Å². The number of sulfonamides is 6. The van der Waals surface area contributed by atoms with Crippen LogP contribution in [0.15, 0.2) is 179 Å². The van der Waals surface area contributed by atoms with E-state index in [0.717, 1.165) is 103 Å². The van der Waals surface area contributed by atoms with Crippen molar-refractivity contribution in [1.29, 1.82) is 0 Å². The molecule has 0 radical (unpaired) electrons. The largest absolute Gasteiger partial charge is 0.463 e. The van der Waals surface area contributed by atoms with Gasteiger partial charge in [0.15, 0.2) is 8.47 Å². The lowest BCUT2D eigenvalue weighted by atomic mass is 9.99. The molecule has 0 heterocycles. The third-order valence-electron chi connectivity index (χ3n) is 17.3. The fraction of sp³-hybridized carbons (Fsp3) is 0.400. The first-order valence-electron chi connectivity index (χ1n) is 55.7. The van der Waals surface area contributed by atoms with Crippen molar-refractivity contribution in [3.8, 4) is 0 Å². The lowest BCUT2D eigenvalue weighted by Crippen LogP contribution is -2.34. The number of allylic oxidation sites excluding steroid dienone is 6. The second kappa shape index (κ2) is 53.9. The van der Waals surface area contributed by atoms with Crippen LogP contribution in [0.3, 0.4) is 0 Å². The number of halogens is 12. The Bertz CT molecular complexity index is 8100. The highest BCUT2D eigenvalue weighted by Gasteiger charge is 2.42. The zero-order valence-corrected chi connectivity index (χ0v) is 81.6. The number of carbonyl (C=O) groups is 6. The molecule has 6 aliphatic rings. The maximum absolute atomic E-state index is 13.3. The summed E-state index contributed by atoms with van der Waals surface area (Å²) >= 11 is 34.8. The van der Waals surface area contributed by atoms with Crippen molar-refractivity contribution in [2.45, 2.75) is 188 Å². The smallest absolute Gasteiger partial charge is 0.335 e. The third kappa shape index (κ3) is 33.8. The van der Waals surface area contributed by atoms with E-state index in [1.165, 1.54) is 41.5 Å². The molecular weight excluding hydrogens is 2070 g/mol. The Hall–Kier alpha value is -9.60. The fourth-order valence-electron chi connectivity index (χ4n) is 11.1. The summed E-state index contributed by atoms with van der Waals surface area (Å²) in [6.45, 7) is 7.54. The lowest BCUT2D eigenvalue weighted by molar-refractivity contribution is -0.139. The van der Waals surface area contributed by atoms with Gasteiger partial charge in [-0.05, 0) is 266 Å².